The summed E-state index contributed by atoms with van der Waals surface area (Å²) in [6.07, 6.45) is 0.509. The molecule has 9 heteroatoms. The Hall–Kier alpha value is -1.64. The summed E-state index contributed by atoms with van der Waals surface area (Å²) in [4.78, 5) is 23.8. The zero-order chi connectivity index (χ0) is 14.7. The molecular formula is C11H13ClN4O3S. The fraction of sp³-hybridized carbons (Fsp3) is 0.364. The quantitative estimate of drug-likeness (QED) is 0.821. The van der Waals surface area contributed by atoms with Crippen molar-refractivity contribution in [3.8, 4) is 0 Å². The lowest BCUT2D eigenvalue weighted by atomic mass is 10.3. The SMILES string of the molecule is Cn1cnn(CC(=O)NC[C@@H](O)c2ccc(Cl)s2)c1=O. The molecule has 0 fully saturated rings. The number of aliphatic hydroxyl groups excluding tert-OH is 1. The van der Waals surface area contributed by atoms with Gasteiger partial charge in [-0.1, -0.05) is 11.6 Å². The number of nitrogens with one attached hydrogen (secondary N) is 1. The predicted molar refractivity (Wildman–Crippen MR) is 74.8 cm³/mol. The topological polar surface area (TPSA) is 89.2 Å². The molecule has 0 unspecified atom stereocenters. The van der Waals surface area contributed by atoms with E-state index in [1.54, 1.807) is 19.2 Å². The van der Waals surface area contributed by atoms with Gasteiger partial charge in [0.05, 0.1) is 4.34 Å². The van der Waals surface area contributed by atoms with Crippen LogP contribution in [0.4, 0.5) is 0 Å². The second-order valence-corrected chi connectivity index (χ2v) is 5.89. The van der Waals surface area contributed by atoms with E-state index in [-0.39, 0.29) is 18.8 Å². The van der Waals surface area contributed by atoms with Crippen molar-refractivity contribution in [2.75, 3.05) is 6.54 Å². The van der Waals surface area contributed by atoms with Crippen LogP contribution in [0.25, 0.3) is 0 Å². The number of carbonyl (C=O) groups is 1. The summed E-state index contributed by atoms with van der Waals surface area (Å²) >= 11 is 7.02. The van der Waals surface area contributed by atoms with E-state index >= 15 is 0 Å². The standard InChI is InChI=1S/C11H13ClN4O3S/c1-15-6-14-16(11(15)19)5-10(18)13-4-7(17)8-2-3-9(12)20-8/h2-3,6-7,17H,4-5H2,1H3,(H,13,18)/t7-/m1/s1. The molecule has 1 amide bonds. The summed E-state index contributed by atoms with van der Waals surface area (Å²) < 4.78 is 2.89. The number of hydrogen-bond acceptors (Lipinski definition) is 5. The molecule has 0 aromatic carbocycles. The third-order valence-corrected chi connectivity index (χ3v) is 3.93. The molecule has 0 bridgehead atoms. The first-order chi connectivity index (χ1) is 9.47. The average Bonchev–Trinajstić information content (AvgIpc) is 2.97. The smallest absolute Gasteiger partial charge is 0.345 e. The Kier molecular flexibility index (Phi) is 4.58. The van der Waals surface area contributed by atoms with E-state index in [9.17, 15) is 14.7 Å². The molecule has 2 heterocycles. The fourth-order valence-electron chi connectivity index (χ4n) is 1.54. The zero-order valence-corrected chi connectivity index (χ0v) is 12.2. The molecular weight excluding hydrogens is 304 g/mol. The molecule has 7 nitrogen and oxygen atoms in total. The van der Waals surface area contributed by atoms with Crippen molar-refractivity contribution >= 4 is 28.8 Å². The molecule has 0 aliphatic heterocycles. The maximum atomic E-state index is 11.7. The molecule has 0 spiro atoms. The molecule has 108 valence electrons. The van der Waals surface area contributed by atoms with Crippen molar-refractivity contribution in [3.63, 3.8) is 0 Å². The largest absolute Gasteiger partial charge is 0.386 e. The van der Waals surface area contributed by atoms with Crippen LogP contribution in [-0.4, -0.2) is 31.9 Å². The summed E-state index contributed by atoms with van der Waals surface area (Å²) in [7, 11) is 1.55. The van der Waals surface area contributed by atoms with Gasteiger partial charge in [-0.2, -0.15) is 5.10 Å². The Bertz CT molecular complexity index is 663. The Morgan fingerprint density at radius 3 is 2.90 bits per heavy atom. The number of amides is 1. The average molecular weight is 317 g/mol. The first-order valence-electron chi connectivity index (χ1n) is 5.76. The first-order valence-corrected chi connectivity index (χ1v) is 6.95. The van der Waals surface area contributed by atoms with Crippen molar-refractivity contribution in [1.82, 2.24) is 19.7 Å². The number of thiophene rings is 1. The van der Waals surface area contributed by atoms with Gasteiger partial charge in [-0.25, -0.2) is 9.48 Å². The van der Waals surface area contributed by atoms with Crippen molar-refractivity contribution in [1.29, 1.82) is 0 Å². The minimum atomic E-state index is -0.822. The van der Waals surface area contributed by atoms with Crippen molar-refractivity contribution < 1.29 is 9.90 Å². The number of aryl methyl sites for hydroxylation is 1. The molecule has 0 saturated heterocycles. The number of aliphatic hydroxyl groups is 1. The van der Waals surface area contributed by atoms with Gasteiger partial charge in [0.15, 0.2) is 0 Å². The molecule has 0 radical (unpaired) electrons. The number of carbonyl (C=O) groups excluding carboxylic acids is 1. The van der Waals surface area contributed by atoms with Gasteiger partial charge in [0, 0.05) is 18.5 Å². The van der Waals surface area contributed by atoms with Crippen LogP contribution in [0.15, 0.2) is 23.3 Å². The summed E-state index contributed by atoms with van der Waals surface area (Å²) in [5.41, 5.74) is -0.370. The second kappa shape index (κ2) is 6.21. The van der Waals surface area contributed by atoms with E-state index in [4.69, 9.17) is 11.6 Å². The van der Waals surface area contributed by atoms with Gasteiger partial charge in [0.25, 0.3) is 0 Å². The zero-order valence-electron chi connectivity index (χ0n) is 10.6. The lowest BCUT2D eigenvalue weighted by molar-refractivity contribution is -0.122. The van der Waals surface area contributed by atoms with E-state index in [0.29, 0.717) is 9.21 Å². The van der Waals surface area contributed by atoms with E-state index in [1.165, 1.54) is 22.2 Å². The molecule has 0 aliphatic carbocycles. The molecule has 20 heavy (non-hydrogen) atoms. The van der Waals surface area contributed by atoms with Crippen LogP contribution in [-0.2, 0) is 18.4 Å². The van der Waals surface area contributed by atoms with Gasteiger partial charge in [0.1, 0.15) is 19.0 Å². The van der Waals surface area contributed by atoms with Crippen LogP contribution < -0.4 is 11.0 Å². The monoisotopic (exact) mass is 316 g/mol. The number of hydrogen-bond donors (Lipinski definition) is 2. The van der Waals surface area contributed by atoms with Crippen LogP contribution in [0, 0.1) is 0 Å². The molecule has 1 atom stereocenters. The lowest BCUT2D eigenvalue weighted by Crippen LogP contribution is -2.35. The van der Waals surface area contributed by atoms with E-state index in [0.717, 1.165) is 4.68 Å². The highest BCUT2D eigenvalue weighted by Crippen LogP contribution is 2.26. The molecule has 2 N–H and O–H groups in total. The van der Waals surface area contributed by atoms with E-state index < -0.39 is 12.0 Å². The van der Waals surface area contributed by atoms with Gasteiger partial charge >= 0.3 is 5.69 Å². The van der Waals surface area contributed by atoms with Crippen molar-refractivity contribution in [3.05, 3.63) is 38.2 Å². The normalized spacial score (nSPS) is 12.3. The highest BCUT2D eigenvalue weighted by Gasteiger charge is 2.13. The third-order valence-electron chi connectivity index (χ3n) is 2.60. The summed E-state index contributed by atoms with van der Waals surface area (Å²) in [6, 6.07) is 3.38. The van der Waals surface area contributed by atoms with Crippen LogP contribution in [0.1, 0.15) is 11.0 Å². The Morgan fingerprint density at radius 1 is 1.60 bits per heavy atom. The maximum absolute atomic E-state index is 11.7. The minimum Gasteiger partial charge on any atom is -0.386 e. The van der Waals surface area contributed by atoms with Crippen LogP contribution in [0.5, 0.6) is 0 Å². The maximum Gasteiger partial charge on any atom is 0.345 e. The molecule has 2 rings (SSSR count). The fourth-order valence-corrected chi connectivity index (χ4v) is 2.59. The van der Waals surface area contributed by atoms with E-state index in [2.05, 4.69) is 10.4 Å². The van der Waals surface area contributed by atoms with Gasteiger partial charge in [-0.05, 0) is 12.1 Å². The van der Waals surface area contributed by atoms with Crippen molar-refractivity contribution in [2.45, 2.75) is 12.6 Å². The van der Waals surface area contributed by atoms with E-state index in [1.807, 2.05) is 0 Å². The van der Waals surface area contributed by atoms with Crippen LogP contribution in [0.2, 0.25) is 4.34 Å². The Morgan fingerprint density at radius 2 is 2.35 bits per heavy atom. The van der Waals surface area contributed by atoms with Gasteiger partial charge in [0.2, 0.25) is 5.91 Å². The molecule has 2 aromatic rings. The molecule has 0 aliphatic rings. The highest BCUT2D eigenvalue weighted by molar-refractivity contribution is 7.16. The van der Waals surface area contributed by atoms with Crippen LogP contribution in [0.3, 0.4) is 0 Å². The Balaban J connectivity index is 1.86. The summed E-state index contributed by atoms with van der Waals surface area (Å²) in [5.74, 6) is -0.396. The summed E-state index contributed by atoms with van der Waals surface area (Å²) in [5, 5.41) is 16.2. The molecule has 0 saturated carbocycles. The number of nitrogens with zero attached hydrogens (tertiary/aromatic N) is 3. The predicted octanol–water partition coefficient (Wildman–Crippen LogP) is 0.147. The van der Waals surface area contributed by atoms with Crippen LogP contribution >= 0.6 is 22.9 Å². The third kappa shape index (κ3) is 3.47. The van der Waals surface area contributed by atoms with Crippen molar-refractivity contribution in [2.24, 2.45) is 7.05 Å². The second-order valence-electron chi connectivity index (χ2n) is 4.14. The van der Waals surface area contributed by atoms with Gasteiger partial charge < -0.3 is 10.4 Å². The molecule has 2 aromatic heterocycles. The first kappa shape index (κ1) is 14.8. The number of aromatic nitrogens is 3. The lowest BCUT2D eigenvalue weighted by Gasteiger charge is -2.09. The van der Waals surface area contributed by atoms with Gasteiger partial charge in [-0.3, -0.25) is 9.36 Å². The van der Waals surface area contributed by atoms with Gasteiger partial charge in [-0.15, -0.1) is 11.3 Å². The Labute approximate surface area is 123 Å². The highest BCUT2D eigenvalue weighted by atomic mass is 35.5. The summed E-state index contributed by atoms with van der Waals surface area (Å²) in [6.45, 7) is -0.130. The number of halogens is 1. The minimum absolute atomic E-state index is 0.0528. The number of rotatable bonds is 5.